The van der Waals surface area contributed by atoms with Crippen molar-refractivity contribution in [3.63, 3.8) is 0 Å². The number of amides is 1. The second kappa shape index (κ2) is 9.44. The summed E-state index contributed by atoms with van der Waals surface area (Å²) in [6.45, 7) is 2.45. The molecular weight excluding hydrogens is 425 g/mol. The number of hydrogen-bond donors (Lipinski definition) is 3. The Morgan fingerprint density at radius 2 is 2.09 bits per heavy atom. The van der Waals surface area contributed by atoms with E-state index in [0.717, 1.165) is 0 Å². The van der Waals surface area contributed by atoms with Gasteiger partial charge in [0, 0.05) is 31.2 Å². The predicted molar refractivity (Wildman–Crippen MR) is 121 cm³/mol. The second-order valence-electron chi connectivity index (χ2n) is 7.61. The SMILES string of the molecule is Cc1nccc(Nc2cc(N[C@@H]3CCN(c4ccc(C#N)cn4)C[C@H]3F)c(C(N)=O)cn2)n1. The fraction of sp³-hybridized carbons (Fsp3) is 0.273. The van der Waals surface area contributed by atoms with Crippen molar-refractivity contribution in [2.75, 3.05) is 28.6 Å². The Kier molecular flexibility index (Phi) is 6.26. The molecule has 4 heterocycles. The minimum Gasteiger partial charge on any atom is -0.378 e. The number of aromatic nitrogens is 4. The van der Waals surface area contributed by atoms with Crippen LogP contribution >= 0.6 is 0 Å². The van der Waals surface area contributed by atoms with Crippen LogP contribution in [0.3, 0.4) is 0 Å². The van der Waals surface area contributed by atoms with Crippen LogP contribution in [0.1, 0.15) is 28.2 Å². The molecule has 168 valence electrons. The zero-order valence-electron chi connectivity index (χ0n) is 17.9. The molecule has 4 N–H and O–H groups in total. The van der Waals surface area contributed by atoms with Gasteiger partial charge >= 0.3 is 0 Å². The maximum absolute atomic E-state index is 15.1. The van der Waals surface area contributed by atoms with Gasteiger partial charge in [-0.25, -0.2) is 24.3 Å². The summed E-state index contributed by atoms with van der Waals surface area (Å²) in [7, 11) is 0. The number of pyridine rings is 2. The van der Waals surface area contributed by atoms with Crippen LogP contribution in [0, 0.1) is 18.3 Å². The van der Waals surface area contributed by atoms with E-state index < -0.39 is 18.1 Å². The highest BCUT2D eigenvalue weighted by Gasteiger charge is 2.30. The second-order valence-corrected chi connectivity index (χ2v) is 7.61. The maximum atomic E-state index is 15.1. The van der Waals surface area contributed by atoms with Crippen LogP contribution in [0.2, 0.25) is 0 Å². The predicted octanol–water partition coefficient (Wildman–Crippen LogP) is 2.32. The van der Waals surface area contributed by atoms with E-state index in [9.17, 15) is 4.79 Å². The Morgan fingerprint density at radius 1 is 1.24 bits per heavy atom. The summed E-state index contributed by atoms with van der Waals surface area (Å²) in [5.41, 5.74) is 6.52. The fourth-order valence-corrected chi connectivity index (χ4v) is 3.61. The lowest BCUT2D eigenvalue weighted by atomic mass is 10.0. The Bertz CT molecular complexity index is 1200. The molecule has 0 spiro atoms. The lowest BCUT2D eigenvalue weighted by molar-refractivity contribution is 0.100. The third kappa shape index (κ3) is 5.12. The van der Waals surface area contributed by atoms with Crippen LogP contribution in [-0.4, -0.2) is 51.1 Å². The number of rotatable bonds is 6. The van der Waals surface area contributed by atoms with Gasteiger partial charge in [-0.05, 0) is 31.5 Å². The summed E-state index contributed by atoms with van der Waals surface area (Å²) in [4.78, 5) is 30.5. The number of nitriles is 1. The van der Waals surface area contributed by atoms with Crippen molar-refractivity contribution in [2.24, 2.45) is 5.73 Å². The molecule has 0 radical (unpaired) electrons. The first kappa shape index (κ1) is 21.9. The Labute approximate surface area is 189 Å². The molecule has 4 rings (SSSR count). The van der Waals surface area contributed by atoms with Gasteiger partial charge in [0.25, 0.3) is 5.91 Å². The summed E-state index contributed by atoms with van der Waals surface area (Å²) in [5, 5.41) is 15.1. The molecule has 11 heteroatoms. The number of nitrogens with one attached hydrogen (secondary N) is 2. The van der Waals surface area contributed by atoms with E-state index in [4.69, 9.17) is 11.0 Å². The topological polar surface area (TPSA) is 146 Å². The number of piperidine rings is 1. The number of hydrogen-bond acceptors (Lipinski definition) is 9. The van der Waals surface area contributed by atoms with Crippen molar-refractivity contribution in [1.29, 1.82) is 5.26 Å². The minimum absolute atomic E-state index is 0.124. The number of nitrogens with two attached hydrogens (primary N) is 1. The highest BCUT2D eigenvalue weighted by molar-refractivity contribution is 5.98. The normalized spacial score (nSPS) is 17.8. The van der Waals surface area contributed by atoms with Crippen molar-refractivity contribution in [3.8, 4) is 6.07 Å². The molecule has 1 amide bonds. The van der Waals surface area contributed by atoms with Crippen LogP contribution in [0.5, 0.6) is 0 Å². The smallest absolute Gasteiger partial charge is 0.252 e. The number of carbonyl (C=O) groups excluding carboxylic acids is 1. The van der Waals surface area contributed by atoms with Gasteiger partial charge in [-0.2, -0.15) is 5.26 Å². The van der Waals surface area contributed by atoms with Gasteiger partial charge in [-0.1, -0.05) is 0 Å². The molecule has 0 bridgehead atoms. The van der Waals surface area contributed by atoms with E-state index in [-0.39, 0.29) is 12.1 Å². The average molecular weight is 447 g/mol. The molecule has 1 saturated heterocycles. The molecule has 10 nitrogen and oxygen atoms in total. The zero-order valence-corrected chi connectivity index (χ0v) is 17.9. The maximum Gasteiger partial charge on any atom is 0.252 e. The quantitative estimate of drug-likeness (QED) is 0.518. The molecule has 33 heavy (non-hydrogen) atoms. The first-order chi connectivity index (χ1) is 15.9. The van der Waals surface area contributed by atoms with Crippen molar-refractivity contribution < 1.29 is 9.18 Å². The molecular formula is C22H22FN9O. The third-order valence-corrected chi connectivity index (χ3v) is 5.28. The van der Waals surface area contributed by atoms with Crippen LogP contribution in [-0.2, 0) is 0 Å². The first-order valence-corrected chi connectivity index (χ1v) is 10.3. The van der Waals surface area contributed by atoms with Gasteiger partial charge in [0.2, 0.25) is 0 Å². The zero-order chi connectivity index (χ0) is 23.4. The van der Waals surface area contributed by atoms with Crippen LogP contribution in [0.15, 0.2) is 42.9 Å². The van der Waals surface area contributed by atoms with E-state index >= 15 is 4.39 Å². The van der Waals surface area contributed by atoms with Gasteiger partial charge in [-0.15, -0.1) is 0 Å². The average Bonchev–Trinajstić information content (AvgIpc) is 2.80. The summed E-state index contributed by atoms with van der Waals surface area (Å²) in [6.07, 6.45) is 3.68. The van der Waals surface area contributed by atoms with Crippen LogP contribution < -0.4 is 21.3 Å². The highest BCUT2D eigenvalue weighted by atomic mass is 19.1. The largest absolute Gasteiger partial charge is 0.378 e. The third-order valence-electron chi connectivity index (χ3n) is 5.28. The number of halogens is 1. The molecule has 0 unspecified atom stereocenters. The molecule has 3 aromatic heterocycles. The monoisotopic (exact) mass is 447 g/mol. The van der Waals surface area contributed by atoms with Gasteiger partial charge in [-0.3, -0.25) is 4.79 Å². The summed E-state index contributed by atoms with van der Waals surface area (Å²) in [5.74, 6) is 1.51. The molecule has 0 saturated carbocycles. The Balaban J connectivity index is 1.49. The number of alkyl halides is 1. The van der Waals surface area contributed by atoms with E-state index in [1.807, 2.05) is 11.0 Å². The molecule has 2 atom stereocenters. The number of aryl methyl sites for hydroxylation is 1. The van der Waals surface area contributed by atoms with E-state index in [2.05, 4.69) is 30.6 Å². The standard InChI is InChI=1S/C22H22FN9O/c1-13-26-6-4-19(29-13)31-20-8-18(15(11-27-20)22(25)33)30-17-5-7-32(12-16(17)23)21-3-2-14(9-24)10-28-21/h2-4,6,8,10-11,16-17H,5,7,12H2,1H3,(H2,25,33)(H2,26,27,29,30,31)/t16-,17-/m1/s1. The van der Waals surface area contributed by atoms with Crippen molar-refractivity contribution >= 4 is 29.0 Å². The van der Waals surface area contributed by atoms with Crippen molar-refractivity contribution in [1.82, 2.24) is 19.9 Å². The van der Waals surface area contributed by atoms with Gasteiger partial charge in [0.05, 0.1) is 29.4 Å². The molecule has 0 aliphatic carbocycles. The van der Waals surface area contributed by atoms with Crippen molar-refractivity contribution in [3.05, 3.63) is 59.8 Å². The summed E-state index contributed by atoms with van der Waals surface area (Å²) < 4.78 is 15.1. The summed E-state index contributed by atoms with van der Waals surface area (Å²) >= 11 is 0. The minimum atomic E-state index is -1.23. The number of carbonyl (C=O) groups is 1. The van der Waals surface area contributed by atoms with Crippen LogP contribution in [0.25, 0.3) is 0 Å². The number of anilines is 4. The molecule has 0 aromatic carbocycles. The highest BCUT2D eigenvalue weighted by Crippen LogP contribution is 2.26. The number of primary amides is 1. The van der Waals surface area contributed by atoms with Crippen LogP contribution in [0.4, 0.5) is 27.5 Å². The molecule has 1 aliphatic heterocycles. The molecule has 3 aromatic rings. The summed E-state index contributed by atoms with van der Waals surface area (Å²) in [6, 6.07) is 8.15. The Hall–Kier alpha value is -4.33. The van der Waals surface area contributed by atoms with Gasteiger partial charge < -0.3 is 21.3 Å². The van der Waals surface area contributed by atoms with E-state index in [1.54, 1.807) is 37.4 Å². The lowest BCUT2D eigenvalue weighted by Crippen LogP contribution is -2.48. The fourth-order valence-electron chi connectivity index (χ4n) is 3.61. The Morgan fingerprint density at radius 3 is 2.76 bits per heavy atom. The molecule has 1 aliphatic rings. The van der Waals surface area contributed by atoms with E-state index in [0.29, 0.717) is 47.5 Å². The van der Waals surface area contributed by atoms with Gasteiger partial charge in [0.1, 0.15) is 35.5 Å². The number of nitrogens with zero attached hydrogens (tertiary/aromatic N) is 6. The van der Waals surface area contributed by atoms with E-state index in [1.165, 1.54) is 12.4 Å². The van der Waals surface area contributed by atoms with Gasteiger partial charge in [0.15, 0.2) is 0 Å². The molecule has 1 fully saturated rings. The lowest BCUT2D eigenvalue weighted by Gasteiger charge is -2.36. The van der Waals surface area contributed by atoms with Crippen molar-refractivity contribution in [2.45, 2.75) is 25.6 Å². The first-order valence-electron chi connectivity index (χ1n) is 10.3.